The minimum atomic E-state index is -1.01. The molecule has 0 bridgehead atoms. The predicted octanol–water partition coefficient (Wildman–Crippen LogP) is 1.21. The number of carbonyl (C=O) groups excluding carboxylic acids is 2. The summed E-state index contributed by atoms with van der Waals surface area (Å²) in [6, 6.07) is 4.28. The molecule has 152 valence electrons. The topological polar surface area (TPSA) is 130 Å². The summed E-state index contributed by atoms with van der Waals surface area (Å²) < 4.78 is 5.56. The van der Waals surface area contributed by atoms with Crippen LogP contribution >= 0.6 is 0 Å². The molecule has 28 heavy (non-hydrogen) atoms. The summed E-state index contributed by atoms with van der Waals surface area (Å²) in [6.07, 6.45) is -0.0769. The van der Waals surface area contributed by atoms with E-state index in [9.17, 15) is 24.5 Å². The Balaban J connectivity index is 1.74. The molecule has 0 aliphatic carbocycles. The van der Waals surface area contributed by atoms with E-state index < -0.39 is 10.9 Å². The second kappa shape index (κ2) is 9.67. The Labute approximate surface area is 161 Å². The Bertz CT molecular complexity index is 758. The minimum Gasteiger partial charge on any atom is -0.493 e. The monoisotopic (exact) mass is 393 g/mol. The third-order valence-corrected chi connectivity index (χ3v) is 4.48. The quantitative estimate of drug-likeness (QED) is 0.519. The number of hydrogen-bond acceptors (Lipinski definition) is 6. The van der Waals surface area contributed by atoms with Gasteiger partial charge in [-0.25, -0.2) is 0 Å². The van der Waals surface area contributed by atoms with Crippen molar-refractivity contribution in [2.45, 2.75) is 26.2 Å². The summed E-state index contributed by atoms with van der Waals surface area (Å²) in [7, 11) is 0. The fourth-order valence-corrected chi connectivity index (χ4v) is 2.89. The first-order valence-electron chi connectivity index (χ1n) is 8.93. The molecule has 0 aromatic heterocycles. The number of ether oxygens (including phenoxy) is 1. The molecule has 10 nitrogen and oxygen atoms in total. The van der Waals surface area contributed by atoms with Gasteiger partial charge in [0.1, 0.15) is 5.75 Å². The molecule has 1 heterocycles. The van der Waals surface area contributed by atoms with Crippen LogP contribution in [0.4, 0.5) is 5.69 Å². The number of aryl methyl sites for hydroxylation is 1. The summed E-state index contributed by atoms with van der Waals surface area (Å²) in [5.74, 6) is -0.832. The van der Waals surface area contributed by atoms with Crippen molar-refractivity contribution in [3.63, 3.8) is 0 Å². The number of nitro benzene ring substituents is 1. The summed E-state index contributed by atoms with van der Waals surface area (Å²) >= 11 is 0. The number of benzene rings is 1. The highest BCUT2D eigenvalue weighted by Crippen LogP contribution is 2.23. The third kappa shape index (κ3) is 5.93. The van der Waals surface area contributed by atoms with Crippen molar-refractivity contribution in [3.05, 3.63) is 33.9 Å². The molecule has 2 amide bonds. The SMILES string of the molecule is Cc1cc([N+](=O)[O-])ccc1OCCC(=O)N1CCN(C(=O)CCC(=O)O)CC1. The van der Waals surface area contributed by atoms with Crippen molar-refractivity contribution in [2.24, 2.45) is 0 Å². The van der Waals surface area contributed by atoms with Crippen LogP contribution in [0.1, 0.15) is 24.8 Å². The molecule has 10 heteroatoms. The minimum absolute atomic E-state index is 0.0169. The van der Waals surface area contributed by atoms with E-state index in [-0.39, 0.29) is 43.4 Å². The number of rotatable bonds is 8. The first kappa shape index (κ1) is 21.1. The fourth-order valence-electron chi connectivity index (χ4n) is 2.89. The van der Waals surface area contributed by atoms with Gasteiger partial charge in [-0.2, -0.15) is 0 Å². The molecular formula is C18H23N3O7. The standard InChI is InChI=1S/C18H23N3O7/c1-13-12-14(21(26)27)2-3-15(13)28-11-6-17(23)20-9-7-19(8-10-20)16(22)4-5-18(24)25/h2-3,12H,4-11H2,1H3,(H,24,25). The maximum Gasteiger partial charge on any atom is 0.303 e. The number of nitro groups is 1. The van der Waals surface area contributed by atoms with E-state index in [1.165, 1.54) is 18.2 Å². The third-order valence-electron chi connectivity index (χ3n) is 4.48. The molecule has 0 saturated carbocycles. The van der Waals surface area contributed by atoms with E-state index in [1.54, 1.807) is 16.7 Å². The molecule has 1 aromatic carbocycles. The summed E-state index contributed by atoms with van der Waals surface area (Å²) in [5.41, 5.74) is 0.604. The van der Waals surface area contributed by atoms with Gasteiger partial charge in [-0.3, -0.25) is 24.5 Å². The van der Waals surface area contributed by atoms with Crippen LogP contribution in [0.25, 0.3) is 0 Å². The first-order valence-corrected chi connectivity index (χ1v) is 8.93. The van der Waals surface area contributed by atoms with Crippen molar-refractivity contribution in [2.75, 3.05) is 32.8 Å². The van der Waals surface area contributed by atoms with E-state index in [4.69, 9.17) is 9.84 Å². The van der Waals surface area contributed by atoms with Crippen molar-refractivity contribution in [1.29, 1.82) is 0 Å². The van der Waals surface area contributed by atoms with Crippen LogP contribution in [0.15, 0.2) is 18.2 Å². The van der Waals surface area contributed by atoms with Crippen LogP contribution in [0, 0.1) is 17.0 Å². The van der Waals surface area contributed by atoms with Gasteiger partial charge >= 0.3 is 5.97 Å². The Hall–Kier alpha value is -3.17. The van der Waals surface area contributed by atoms with Crippen molar-refractivity contribution < 1.29 is 29.2 Å². The zero-order chi connectivity index (χ0) is 20.7. The van der Waals surface area contributed by atoms with Crippen molar-refractivity contribution in [3.8, 4) is 5.75 Å². The molecule has 0 unspecified atom stereocenters. The lowest BCUT2D eigenvalue weighted by Crippen LogP contribution is -2.50. The van der Waals surface area contributed by atoms with E-state index in [0.29, 0.717) is 37.5 Å². The average molecular weight is 393 g/mol. The van der Waals surface area contributed by atoms with Crippen LogP contribution in [0.5, 0.6) is 5.75 Å². The van der Waals surface area contributed by atoms with Crippen LogP contribution in [-0.2, 0) is 14.4 Å². The molecule has 1 N–H and O–H groups in total. The summed E-state index contributed by atoms with van der Waals surface area (Å²) in [5, 5.41) is 19.4. The lowest BCUT2D eigenvalue weighted by Gasteiger charge is -2.34. The summed E-state index contributed by atoms with van der Waals surface area (Å²) in [4.78, 5) is 48.2. The molecule has 0 radical (unpaired) electrons. The normalized spacial score (nSPS) is 13.9. The lowest BCUT2D eigenvalue weighted by atomic mass is 10.2. The number of nitrogens with zero attached hydrogens (tertiary/aromatic N) is 3. The number of carbonyl (C=O) groups is 3. The Morgan fingerprint density at radius 2 is 1.64 bits per heavy atom. The van der Waals surface area contributed by atoms with Gasteiger partial charge in [0.25, 0.3) is 5.69 Å². The molecule has 1 aromatic rings. The number of carboxylic acids is 1. The van der Waals surface area contributed by atoms with Gasteiger partial charge < -0.3 is 19.6 Å². The van der Waals surface area contributed by atoms with Crippen LogP contribution in [0.3, 0.4) is 0 Å². The number of amides is 2. The maximum atomic E-state index is 12.3. The number of hydrogen-bond donors (Lipinski definition) is 1. The van der Waals surface area contributed by atoms with Crippen LogP contribution in [0.2, 0.25) is 0 Å². The van der Waals surface area contributed by atoms with E-state index in [0.717, 1.165) is 0 Å². The van der Waals surface area contributed by atoms with Crippen LogP contribution < -0.4 is 4.74 Å². The Morgan fingerprint density at radius 3 is 2.14 bits per heavy atom. The number of carboxylic acid groups (broad SMARTS) is 1. The first-order chi connectivity index (χ1) is 13.3. The Kier molecular flexibility index (Phi) is 7.30. The zero-order valence-corrected chi connectivity index (χ0v) is 15.6. The van der Waals surface area contributed by atoms with Gasteiger partial charge in [-0.05, 0) is 18.6 Å². The Morgan fingerprint density at radius 1 is 1.07 bits per heavy atom. The number of piperazine rings is 1. The van der Waals surface area contributed by atoms with Gasteiger partial charge in [0.05, 0.1) is 24.4 Å². The maximum absolute atomic E-state index is 12.3. The van der Waals surface area contributed by atoms with E-state index >= 15 is 0 Å². The molecule has 1 fully saturated rings. The second-order valence-corrected chi connectivity index (χ2v) is 6.46. The zero-order valence-electron chi connectivity index (χ0n) is 15.6. The van der Waals surface area contributed by atoms with Gasteiger partial charge in [0, 0.05) is 44.7 Å². The molecule has 0 spiro atoms. The van der Waals surface area contributed by atoms with Crippen molar-refractivity contribution in [1.82, 2.24) is 9.80 Å². The largest absolute Gasteiger partial charge is 0.493 e. The number of non-ortho nitro benzene ring substituents is 1. The van der Waals surface area contributed by atoms with E-state index in [2.05, 4.69) is 0 Å². The smallest absolute Gasteiger partial charge is 0.303 e. The highest BCUT2D eigenvalue weighted by atomic mass is 16.6. The van der Waals surface area contributed by atoms with Gasteiger partial charge in [0.15, 0.2) is 0 Å². The fraction of sp³-hybridized carbons (Fsp3) is 0.500. The van der Waals surface area contributed by atoms with Gasteiger partial charge in [-0.15, -0.1) is 0 Å². The van der Waals surface area contributed by atoms with Crippen LogP contribution in [-0.4, -0.2) is 70.4 Å². The second-order valence-electron chi connectivity index (χ2n) is 6.46. The number of aliphatic carboxylic acids is 1. The average Bonchev–Trinajstić information content (AvgIpc) is 2.67. The van der Waals surface area contributed by atoms with Crippen molar-refractivity contribution >= 4 is 23.5 Å². The molecule has 1 aliphatic heterocycles. The molecule has 0 atom stereocenters. The molecule has 2 rings (SSSR count). The predicted molar refractivity (Wildman–Crippen MR) is 98.0 cm³/mol. The highest BCUT2D eigenvalue weighted by molar-refractivity contribution is 5.81. The van der Waals surface area contributed by atoms with E-state index in [1.807, 2.05) is 0 Å². The van der Waals surface area contributed by atoms with Gasteiger partial charge in [0.2, 0.25) is 11.8 Å². The summed E-state index contributed by atoms with van der Waals surface area (Å²) in [6.45, 7) is 3.40. The molecule has 1 aliphatic rings. The molecular weight excluding hydrogens is 370 g/mol. The van der Waals surface area contributed by atoms with Gasteiger partial charge in [-0.1, -0.05) is 0 Å². The molecule has 1 saturated heterocycles. The lowest BCUT2D eigenvalue weighted by molar-refractivity contribution is -0.384. The highest BCUT2D eigenvalue weighted by Gasteiger charge is 2.24.